The molecule has 1 unspecified atom stereocenters. The van der Waals surface area contributed by atoms with Crippen LogP contribution in [0.2, 0.25) is 0 Å². The summed E-state index contributed by atoms with van der Waals surface area (Å²) in [6, 6.07) is 4.32. The molecule has 1 aromatic heterocycles. The highest BCUT2D eigenvalue weighted by molar-refractivity contribution is 7.10. The van der Waals surface area contributed by atoms with Gasteiger partial charge in [0.25, 0.3) is 0 Å². The summed E-state index contributed by atoms with van der Waals surface area (Å²) < 4.78 is 0. The average molecular weight is 252 g/mol. The normalized spacial score (nSPS) is 22.1. The first-order valence-corrected chi connectivity index (χ1v) is 7.09. The summed E-state index contributed by atoms with van der Waals surface area (Å²) in [7, 11) is 1.92. The summed E-state index contributed by atoms with van der Waals surface area (Å²) in [6.07, 6.45) is 2.13. The number of hydrogen-bond donors (Lipinski definition) is 1. The van der Waals surface area contributed by atoms with Crippen LogP contribution in [-0.4, -0.2) is 30.9 Å². The molecule has 4 heteroatoms. The van der Waals surface area contributed by atoms with Gasteiger partial charge in [0.05, 0.1) is 12.0 Å². The van der Waals surface area contributed by atoms with Crippen molar-refractivity contribution in [3.63, 3.8) is 0 Å². The highest BCUT2D eigenvalue weighted by Crippen LogP contribution is 2.25. The molecule has 0 aromatic carbocycles. The fourth-order valence-corrected chi connectivity index (χ4v) is 3.09. The molecule has 0 aliphatic carbocycles. The summed E-state index contributed by atoms with van der Waals surface area (Å²) in [5.41, 5.74) is 0. The molecule has 0 bridgehead atoms. The Labute approximate surface area is 107 Å². The smallest absolute Gasteiger partial charge is 0.227 e. The molecule has 94 valence electrons. The maximum atomic E-state index is 12.3. The van der Waals surface area contributed by atoms with E-state index in [9.17, 15) is 4.79 Å². The lowest BCUT2D eigenvalue weighted by molar-refractivity contribution is -0.136. The van der Waals surface area contributed by atoms with Gasteiger partial charge in [0, 0.05) is 18.5 Å². The van der Waals surface area contributed by atoms with Crippen LogP contribution in [0.3, 0.4) is 0 Å². The van der Waals surface area contributed by atoms with Gasteiger partial charge in [-0.05, 0) is 37.8 Å². The number of hydrogen-bond acceptors (Lipinski definition) is 3. The zero-order valence-electron chi connectivity index (χ0n) is 10.5. The Hall–Kier alpha value is -0.870. The van der Waals surface area contributed by atoms with Crippen molar-refractivity contribution in [2.75, 3.05) is 20.1 Å². The number of piperidine rings is 1. The summed E-state index contributed by atoms with van der Waals surface area (Å²) >= 11 is 1.71. The monoisotopic (exact) mass is 252 g/mol. The molecule has 1 N–H and O–H groups in total. The molecule has 0 spiro atoms. The molecule has 2 heterocycles. The summed E-state index contributed by atoms with van der Waals surface area (Å²) in [5, 5.41) is 5.36. The number of amides is 1. The Morgan fingerprint density at radius 3 is 3.06 bits per heavy atom. The Morgan fingerprint density at radius 1 is 1.65 bits per heavy atom. The topological polar surface area (TPSA) is 32.3 Å². The van der Waals surface area contributed by atoms with E-state index in [1.807, 2.05) is 18.0 Å². The first-order chi connectivity index (χ1) is 8.20. The van der Waals surface area contributed by atoms with E-state index in [1.54, 1.807) is 11.3 Å². The zero-order chi connectivity index (χ0) is 12.3. The van der Waals surface area contributed by atoms with Crippen LogP contribution in [0.15, 0.2) is 17.5 Å². The van der Waals surface area contributed by atoms with Gasteiger partial charge in [-0.3, -0.25) is 4.79 Å². The van der Waals surface area contributed by atoms with Crippen LogP contribution in [-0.2, 0) is 4.79 Å². The van der Waals surface area contributed by atoms with Crippen LogP contribution in [0.25, 0.3) is 0 Å². The lowest BCUT2D eigenvalue weighted by Crippen LogP contribution is -2.42. The fourth-order valence-electron chi connectivity index (χ4n) is 2.26. The summed E-state index contributed by atoms with van der Waals surface area (Å²) in [5.74, 6) is 0.439. The van der Waals surface area contributed by atoms with E-state index in [0.29, 0.717) is 0 Å². The molecule has 1 fully saturated rings. The van der Waals surface area contributed by atoms with Gasteiger partial charge < -0.3 is 10.2 Å². The van der Waals surface area contributed by atoms with Crippen LogP contribution in [0.1, 0.15) is 30.7 Å². The SMILES string of the molecule is CC(c1cccs1)N(C)C(=O)[C@H]1CCCNC1. The van der Waals surface area contributed by atoms with Crippen LogP contribution < -0.4 is 5.32 Å². The number of thiophene rings is 1. The second kappa shape index (κ2) is 5.65. The molecule has 1 aliphatic rings. The van der Waals surface area contributed by atoms with Crippen molar-refractivity contribution in [1.29, 1.82) is 0 Å². The van der Waals surface area contributed by atoms with Crippen LogP contribution in [0, 0.1) is 5.92 Å². The molecule has 2 atom stereocenters. The van der Waals surface area contributed by atoms with E-state index < -0.39 is 0 Å². The molecule has 17 heavy (non-hydrogen) atoms. The molecule has 1 saturated heterocycles. The van der Waals surface area contributed by atoms with Crippen molar-refractivity contribution in [2.45, 2.75) is 25.8 Å². The van der Waals surface area contributed by atoms with Crippen LogP contribution >= 0.6 is 11.3 Å². The van der Waals surface area contributed by atoms with E-state index in [1.165, 1.54) is 4.88 Å². The lowest BCUT2D eigenvalue weighted by atomic mass is 9.97. The van der Waals surface area contributed by atoms with E-state index in [0.717, 1.165) is 25.9 Å². The number of carbonyl (C=O) groups excluding carboxylic acids is 1. The molecule has 0 saturated carbocycles. The Morgan fingerprint density at radius 2 is 2.47 bits per heavy atom. The third-order valence-corrected chi connectivity index (χ3v) is 4.57. The zero-order valence-corrected chi connectivity index (χ0v) is 11.3. The van der Waals surface area contributed by atoms with Gasteiger partial charge in [0.2, 0.25) is 5.91 Å². The number of rotatable bonds is 3. The molecule has 3 nitrogen and oxygen atoms in total. The Balaban J connectivity index is 1.98. The minimum absolute atomic E-state index is 0.163. The molecule has 0 radical (unpaired) electrons. The number of carbonyl (C=O) groups is 1. The van der Waals surface area contributed by atoms with E-state index in [2.05, 4.69) is 23.7 Å². The third kappa shape index (κ3) is 2.87. The Kier molecular flexibility index (Phi) is 4.18. The number of nitrogens with one attached hydrogen (secondary N) is 1. The van der Waals surface area contributed by atoms with Gasteiger partial charge >= 0.3 is 0 Å². The predicted octanol–water partition coefficient (Wildman–Crippen LogP) is 2.27. The average Bonchev–Trinajstić information content (AvgIpc) is 2.91. The molecule has 1 aromatic rings. The molecular formula is C13H20N2OS. The van der Waals surface area contributed by atoms with Gasteiger partial charge in [-0.15, -0.1) is 11.3 Å². The Bertz CT molecular complexity index is 358. The first kappa shape index (κ1) is 12.6. The van der Waals surface area contributed by atoms with Gasteiger partial charge in [-0.2, -0.15) is 0 Å². The minimum atomic E-state index is 0.163. The van der Waals surface area contributed by atoms with Crippen molar-refractivity contribution in [3.05, 3.63) is 22.4 Å². The van der Waals surface area contributed by atoms with Crippen molar-refractivity contribution in [2.24, 2.45) is 5.92 Å². The second-order valence-corrected chi connectivity index (χ2v) is 5.66. The summed E-state index contributed by atoms with van der Waals surface area (Å²) in [6.45, 7) is 3.98. The van der Waals surface area contributed by atoms with Gasteiger partial charge in [0.1, 0.15) is 0 Å². The molecule has 2 rings (SSSR count). The van der Waals surface area contributed by atoms with Crippen molar-refractivity contribution in [3.8, 4) is 0 Å². The number of nitrogens with zero attached hydrogens (tertiary/aromatic N) is 1. The van der Waals surface area contributed by atoms with E-state index >= 15 is 0 Å². The summed E-state index contributed by atoms with van der Waals surface area (Å²) in [4.78, 5) is 15.5. The minimum Gasteiger partial charge on any atom is -0.338 e. The van der Waals surface area contributed by atoms with Crippen LogP contribution in [0.4, 0.5) is 0 Å². The lowest BCUT2D eigenvalue weighted by Gasteiger charge is -2.30. The maximum Gasteiger partial charge on any atom is 0.227 e. The van der Waals surface area contributed by atoms with Gasteiger partial charge in [-0.1, -0.05) is 6.07 Å². The highest BCUT2D eigenvalue weighted by atomic mass is 32.1. The van der Waals surface area contributed by atoms with E-state index in [-0.39, 0.29) is 17.9 Å². The third-order valence-electron chi connectivity index (χ3n) is 3.53. The van der Waals surface area contributed by atoms with E-state index in [4.69, 9.17) is 0 Å². The van der Waals surface area contributed by atoms with Gasteiger partial charge in [0.15, 0.2) is 0 Å². The highest BCUT2D eigenvalue weighted by Gasteiger charge is 2.27. The van der Waals surface area contributed by atoms with Gasteiger partial charge in [-0.25, -0.2) is 0 Å². The largest absolute Gasteiger partial charge is 0.338 e. The molecular weight excluding hydrogens is 232 g/mol. The molecule has 1 aliphatic heterocycles. The maximum absolute atomic E-state index is 12.3. The molecule has 1 amide bonds. The van der Waals surface area contributed by atoms with Crippen molar-refractivity contribution < 1.29 is 4.79 Å². The fraction of sp³-hybridized carbons (Fsp3) is 0.615. The second-order valence-electron chi connectivity index (χ2n) is 4.68. The van der Waals surface area contributed by atoms with Crippen molar-refractivity contribution in [1.82, 2.24) is 10.2 Å². The first-order valence-electron chi connectivity index (χ1n) is 6.21. The quantitative estimate of drug-likeness (QED) is 0.895. The standard InChI is InChI=1S/C13H20N2OS/c1-10(12-6-4-8-17-12)15(2)13(16)11-5-3-7-14-9-11/h4,6,8,10-11,14H,3,5,7,9H2,1-2H3/t10?,11-/m0/s1. The predicted molar refractivity (Wildman–Crippen MR) is 71.1 cm³/mol. The van der Waals surface area contributed by atoms with Crippen LogP contribution in [0.5, 0.6) is 0 Å². The van der Waals surface area contributed by atoms with Crippen molar-refractivity contribution >= 4 is 17.2 Å².